The van der Waals surface area contributed by atoms with E-state index in [-0.39, 0.29) is 11.8 Å². The first-order chi connectivity index (χ1) is 7.70. The maximum atomic E-state index is 9.45. The number of ether oxygens (including phenoxy) is 1. The number of aromatic hydroxyl groups is 2. The number of hydrogen-bond donors (Lipinski definition) is 2. The zero-order valence-corrected chi connectivity index (χ0v) is 9.44. The second kappa shape index (κ2) is 4.40. The highest BCUT2D eigenvalue weighted by atomic mass is 32.2. The minimum absolute atomic E-state index is 0.0123. The summed E-state index contributed by atoms with van der Waals surface area (Å²) in [5.74, 6) is 0.793. The Morgan fingerprint density at radius 1 is 1.00 bits per heavy atom. The molecular formula is C11H11NO3S. The molecule has 0 saturated heterocycles. The summed E-state index contributed by atoms with van der Waals surface area (Å²) in [6, 6.07) is 10.2. The normalized spacial score (nSPS) is 10.3. The number of hydrogen-bond acceptors (Lipinski definition) is 4. The van der Waals surface area contributed by atoms with E-state index in [0.29, 0.717) is 0 Å². The van der Waals surface area contributed by atoms with Crippen molar-refractivity contribution in [1.82, 2.24) is 3.97 Å². The van der Waals surface area contributed by atoms with Crippen molar-refractivity contribution in [2.24, 2.45) is 0 Å². The quantitative estimate of drug-likeness (QED) is 0.861. The van der Waals surface area contributed by atoms with Gasteiger partial charge < -0.3 is 14.9 Å². The summed E-state index contributed by atoms with van der Waals surface area (Å²) >= 11 is 1.23. The van der Waals surface area contributed by atoms with Gasteiger partial charge in [0.25, 0.3) is 0 Å². The van der Waals surface area contributed by atoms with E-state index in [2.05, 4.69) is 0 Å². The van der Waals surface area contributed by atoms with Gasteiger partial charge in [0.2, 0.25) is 11.8 Å². The van der Waals surface area contributed by atoms with Gasteiger partial charge in [-0.2, -0.15) is 0 Å². The van der Waals surface area contributed by atoms with Gasteiger partial charge in [0.1, 0.15) is 5.75 Å². The predicted octanol–water partition coefficient (Wildman–Crippen LogP) is 2.46. The Bertz CT molecular complexity index is 459. The minimum atomic E-state index is 0.0123. The molecule has 16 heavy (non-hydrogen) atoms. The molecule has 0 aliphatic carbocycles. The van der Waals surface area contributed by atoms with E-state index in [1.165, 1.54) is 28.1 Å². The minimum Gasteiger partial charge on any atom is -0.497 e. The van der Waals surface area contributed by atoms with Gasteiger partial charge in [0, 0.05) is 17.0 Å². The van der Waals surface area contributed by atoms with E-state index in [9.17, 15) is 10.2 Å². The van der Waals surface area contributed by atoms with Crippen molar-refractivity contribution < 1.29 is 14.9 Å². The molecule has 4 nitrogen and oxygen atoms in total. The fourth-order valence-corrected chi connectivity index (χ4v) is 2.01. The first-order valence-electron chi connectivity index (χ1n) is 4.63. The summed E-state index contributed by atoms with van der Waals surface area (Å²) < 4.78 is 6.37. The lowest BCUT2D eigenvalue weighted by Gasteiger charge is -2.06. The van der Waals surface area contributed by atoms with E-state index in [1.54, 1.807) is 7.11 Å². The molecule has 1 aromatic heterocycles. The molecule has 0 saturated carbocycles. The lowest BCUT2D eigenvalue weighted by molar-refractivity contribution is 0.414. The van der Waals surface area contributed by atoms with Crippen molar-refractivity contribution in [3.8, 4) is 17.5 Å². The fourth-order valence-electron chi connectivity index (χ4n) is 1.24. The molecule has 84 valence electrons. The summed E-state index contributed by atoms with van der Waals surface area (Å²) in [5, 5.41) is 18.9. The van der Waals surface area contributed by atoms with Crippen LogP contribution < -0.4 is 4.74 Å². The molecule has 1 aromatic carbocycles. The van der Waals surface area contributed by atoms with Gasteiger partial charge in [-0.05, 0) is 36.2 Å². The van der Waals surface area contributed by atoms with Crippen molar-refractivity contribution in [3.63, 3.8) is 0 Å². The summed E-state index contributed by atoms with van der Waals surface area (Å²) in [6.45, 7) is 0. The standard InChI is InChI=1S/C11H11NO3S/c1-15-8-2-4-9(5-3-8)16-12-10(13)6-7-11(12)14/h2-7,13-14H,1H3. The highest BCUT2D eigenvalue weighted by molar-refractivity contribution is 7.98. The third-order valence-corrected chi connectivity index (χ3v) is 3.09. The molecule has 2 rings (SSSR count). The summed E-state index contributed by atoms with van der Waals surface area (Å²) in [4.78, 5) is 0.891. The second-order valence-electron chi connectivity index (χ2n) is 3.11. The summed E-state index contributed by atoms with van der Waals surface area (Å²) in [6.07, 6.45) is 0. The van der Waals surface area contributed by atoms with E-state index in [4.69, 9.17) is 4.74 Å². The van der Waals surface area contributed by atoms with Crippen LogP contribution in [0.2, 0.25) is 0 Å². The Hall–Kier alpha value is -1.75. The molecule has 0 amide bonds. The highest BCUT2D eigenvalue weighted by Crippen LogP contribution is 2.32. The molecule has 0 unspecified atom stereocenters. The molecule has 2 aromatic rings. The van der Waals surface area contributed by atoms with Gasteiger partial charge in [-0.3, -0.25) is 0 Å². The van der Waals surface area contributed by atoms with Crippen LogP contribution in [0.15, 0.2) is 41.3 Å². The number of benzene rings is 1. The molecule has 0 radical (unpaired) electrons. The second-order valence-corrected chi connectivity index (χ2v) is 4.13. The Morgan fingerprint density at radius 2 is 1.56 bits per heavy atom. The SMILES string of the molecule is COc1ccc(Sn2c(O)ccc2O)cc1. The first kappa shape index (κ1) is 10.8. The summed E-state index contributed by atoms with van der Waals surface area (Å²) in [7, 11) is 1.60. The van der Waals surface area contributed by atoms with Crippen molar-refractivity contribution >= 4 is 11.9 Å². The molecule has 0 fully saturated rings. The number of aromatic nitrogens is 1. The zero-order valence-electron chi connectivity index (χ0n) is 8.62. The topological polar surface area (TPSA) is 54.6 Å². The van der Waals surface area contributed by atoms with Gasteiger partial charge in [-0.25, -0.2) is 3.97 Å². The Morgan fingerprint density at radius 3 is 2.06 bits per heavy atom. The summed E-state index contributed by atoms with van der Waals surface area (Å²) in [5.41, 5.74) is 0. The average molecular weight is 237 g/mol. The Labute approximate surface area is 97.2 Å². The molecule has 0 atom stereocenters. The van der Waals surface area contributed by atoms with Gasteiger partial charge in [-0.15, -0.1) is 0 Å². The highest BCUT2D eigenvalue weighted by Gasteiger charge is 2.07. The number of nitrogens with zero attached hydrogens (tertiary/aromatic N) is 1. The molecule has 0 aliphatic rings. The van der Waals surface area contributed by atoms with Crippen molar-refractivity contribution in [2.45, 2.75) is 4.90 Å². The lowest BCUT2D eigenvalue weighted by atomic mass is 10.3. The Kier molecular flexibility index (Phi) is 2.96. The molecule has 0 aliphatic heterocycles. The molecular weight excluding hydrogens is 226 g/mol. The van der Waals surface area contributed by atoms with E-state index in [1.807, 2.05) is 24.3 Å². The van der Waals surface area contributed by atoms with Crippen LogP contribution in [0.5, 0.6) is 17.5 Å². The molecule has 2 N–H and O–H groups in total. The molecule has 5 heteroatoms. The molecule has 1 heterocycles. The maximum Gasteiger partial charge on any atom is 0.204 e. The van der Waals surface area contributed by atoms with Crippen molar-refractivity contribution in [1.29, 1.82) is 0 Å². The van der Waals surface area contributed by atoms with Gasteiger partial charge in [-0.1, -0.05) is 0 Å². The maximum absolute atomic E-state index is 9.45. The zero-order chi connectivity index (χ0) is 11.5. The van der Waals surface area contributed by atoms with Crippen LogP contribution >= 0.6 is 11.9 Å². The van der Waals surface area contributed by atoms with Crippen LogP contribution in [0, 0.1) is 0 Å². The number of methoxy groups -OCH3 is 1. The lowest BCUT2D eigenvalue weighted by Crippen LogP contribution is -1.86. The Balaban J connectivity index is 2.20. The smallest absolute Gasteiger partial charge is 0.204 e. The first-order valence-corrected chi connectivity index (χ1v) is 5.40. The van der Waals surface area contributed by atoms with Gasteiger partial charge >= 0.3 is 0 Å². The van der Waals surface area contributed by atoms with Crippen molar-refractivity contribution in [2.75, 3.05) is 7.11 Å². The largest absolute Gasteiger partial charge is 0.497 e. The molecule has 0 bridgehead atoms. The van der Waals surface area contributed by atoms with Crippen LogP contribution in [-0.2, 0) is 0 Å². The van der Waals surface area contributed by atoms with Crippen molar-refractivity contribution in [3.05, 3.63) is 36.4 Å². The van der Waals surface area contributed by atoms with Gasteiger partial charge in [0.15, 0.2) is 0 Å². The fraction of sp³-hybridized carbons (Fsp3) is 0.0909. The van der Waals surface area contributed by atoms with E-state index < -0.39 is 0 Å². The average Bonchev–Trinajstić information content (AvgIpc) is 2.62. The van der Waals surface area contributed by atoms with E-state index in [0.717, 1.165) is 10.6 Å². The van der Waals surface area contributed by atoms with Crippen LogP contribution in [0.1, 0.15) is 0 Å². The predicted molar refractivity (Wildman–Crippen MR) is 62.0 cm³/mol. The van der Waals surface area contributed by atoms with Crippen LogP contribution in [0.3, 0.4) is 0 Å². The molecule has 0 spiro atoms. The third-order valence-electron chi connectivity index (χ3n) is 2.05. The van der Waals surface area contributed by atoms with E-state index >= 15 is 0 Å². The third kappa shape index (κ3) is 2.09. The van der Waals surface area contributed by atoms with Gasteiger partial charge in [0.05, 0.1) is 7.11 Å². The number of rotatable bonds is 3. The monoisotopic (exact) mass is 237 g/mol. The van der Waals surface area contributed by atoms with Crippen LogP contribution in [0.25, 0.3) is 0 Å². The van der Waals surface area contributed by atoms with Crippen LogP contribution in [-0.4, -0.2) is 21.3 Å². The van der Waals surface area contributed by atoms with Crippen LogP contribution in [0.4, 0.5) is 0 Å².